The Hall–Kier alpha value is -4.17. The number of benzene rings is 4. The summed E-state index contributed by atoms with van der Waals surface area (Å²) in [6, 6.07) is 40.2. The van der Waals surface area contributed by atoms with E-state index in [2.05, 4.69) is 109 Å². The first-order valence-corrected chi connectivity index (χ1v) is 14.6. The van der Waals surface area contributed by atoms with Crippen molar-refractivity contribution in [3.63, 3.8) is 0 Å². The van der Waals surface area contributed by atoms with Gasteiger partial charge in [0.15, 0.2) is 5.78 Å². The third-order valence-corrected chi connectivity index (χ3v) is 9.78. The van der Waals surface area contributed by atoms with Crippen molar-refractivity contribution in [3.05, 3.63) is 150 Å². The first kappa shape index (κ1) is 24.8. The first-order chi connectivity index (χ1) is 19.7. The molecule has 4 aromatic carbocycles. The summed E-state index contributed by atoms with van der Waals surface area (Å²) >= 11 is 0. The van der Waals surface area contributed by atoms with E-state index in [1.807, 2.05) is 30.3 Å². The zero-order valence-electron chi connectivity index (χ0n) is 23.1. The number of carbonyl (C=O) groups is 1. The number of Topliss-reactive ketones (excluding diaryl/α,β-unsaturated/α-hetero) is 1. The number of hydrogen-bond acceptors (Lipinski definition) is 2. The first-order valence-electron chi connectivity index (χ1n) is 14.6. The Kier molecular flexibility index (Phi) is 6.08. The Morgan fingerprint density at radius 2 is 1.27 bits per heavy atom. The van der Waals surface area contributed by atoms with Gasteiger partial charge >= 0.3 is 0 Å². The van der Waals surface area contributed by atoms with Crippen LogP contribution in [-0.4, -0.2) is 18.4 Å². The largest absolute Gasteiger partial charge is 0.363 e. The van der Waals surface area contributed by atoms with E-state index in [4.69, 9.17) is 0 Å². The lowest BCUT2D eigenvalue weighted by molar-refractivity contribution is 0.0841. The number of para-hydroxylation sites is 1. The molecule has 4 aromatic rings. The summed E-state index contributed by atoms with van der Waals surface area (Å²) in [6.45, 7) is 0. The summed E-state index contributed by atoms with van der Waals surface area (Å²) in [4.78, 5) is 17.5. The minimum absolute atomic E-state index is 0.167. The van der Waals surface area contributed by atoms with Crippen LogP contribution in [0, 0.1) is 5.92 Å². The second-order valence-corrected chi connectivity index (χ2v) is 11.6. The van der Waals surface area contributed by atoms with E-state index in [9.17, 15) is 0 Å². The fraction of sp³-hybridized carbons (Fsp3) is 0.237. The van der Waals surface area contributed by atoms with Crippen LogP contribution in [0.2, 0.25) is 0 Å². The molecule has 0 unspecified atom stereocenters. The number of fused-ring (bicyclic) bond motifs is 3. The molecule has 198 valence electrons. The smallest absolute Gasteiger partial charge is 0.173 e. The van der Waals surface area contributed by atoms with Crippen LogP contribution in [0.4, 0.5) is 5.69 Å². The maximum absolute atomic E-state index is 15.0. The molecular weight excluding hydrogens is 486 g/mol. The molecule has 2 aliphatic carbocycles. The van der Waals surface area contributed by atoms with Crippen molar-refractivity contribution in [2.24, 2.45) is 5.92 Å². The summed E-state index contributed by atoms with van der Waals surface area (Å²) in [5.41, 5.74) is 7.34. The highest BCUT2D eigenvalue weighted by Crippen LogP contribution is 2.64. The van der Waals surface area contributed by atoms with E-state index in [0.717, 1.165) is 29.5 Å². The second-order valence-electron chi connectivity index (χ2n) is 11.6. The predicted molar refractivity (Wildman–Crippen MR) is 165 cm³/mol. The van der Waals surface area contributed by atoms with Gasteiger partial charge in [-0.3, -0.25) is 4.79 Å². The molecule has 2 nitrogen and oxygen atoms in total. The van der Waals surface area contributed by atoms with Crippen LogP contribution in [0.15, 0.2) is 127 Å². The molecule has 0 aromatic heterocycles. The van der Waals surface area contributed by atoms with Crippen LogP contribution in [0.3, 0.4) is 0 Å². The molecule has 40 heavy (non-hydrogen) atoms. The normalized spacial score (nSPS) is 23.0. The molecule has 2 spiro atoms. The van der Waals surface area contributed by atoms with Crippen LogP contribution >= 0.6 is 0 Å². The van der Waals surface area contributed by atoms with Crippen LogP contribution < -0.4 is 4.90 Å². The minimum Gasteiger partial charge on any atom is -0.363 e. The molecule has 2 heteroatoms. The van der Waals surface area contributed by atoms with Gasteiger partial charge in [-0.05, 0) is 58.9 Å². The van der Waals surface area contributed by atoms with Gasteiger partial charge in [0.1, 0.15) is 0 Å². The minimum atomic E-state index is -0.546. The van der Waals surface area contributed by atoms with Gasteiger partial charge in [0.2, 0.25) is 0 Å². The van der Waals surface area contributed by atoms with Crippen LogP contribution in [0.5, 0.6) is 0 Å². The summed E-state index contributed by atoms with van der Waals surface area (Å²) in [5.74, 6) is -0.163. The van der Waals surface area contributed by atoms with Gasteiger partial charge in [-0.15, -0.1) is 0 Å². The number of carbonyl (C=O) groups excluding carboxylic acids is 1. The maximum atomic E-state index is 15.0. The molecule has 1 saturated carbocycles. The van der Waals surface area contributed by atoms with Crippen molar-refractivity contribution in [2.75, 3.05) is 11.9 Å². The maximum Gasteiger partial charge on any atom is 0.173 e. The number of anilines is 1. The molecule has 0 amide bonds. The van der Waals surface area contributed by atoms with Gasteiger partial charge in [-0.1, -0.05) is 128 Å². The Morgan fingerprint density at radius 1 is 0.700 bits per heavy atom. The van der Waals surface area contributed by atoms with Gasteiger partial charge < -0.3 is 4.90 Å². The SMILES string of the molecule is CN1c2ccccc2C2(CCCCC2)[C@]12C=C(c1ccccc1)C=C(c1ccccc1)[C@@H]2C(=O)c1ccccc1. The van der Waals surface area contributed by atoms with Crippen LogP contribution in [0.25, 0.3) is 11.1 Å². The van der Waals surface area contributed by atoms with Gasteiger partial charge in [0, 0.05) is 23.7 Å². The zero-order valence-corrected chi connectivity index (χ0v) is 23.1. The van der Waals surface area contributed by atoms with Crippen molar-refractivity contribution in [1.29, 1.82) is 0 Å². The Morgan fingerprint density at radius 3 is 1.95 bits per heavy atom. The molecule has 1 fully saturated rings. The quantitative estimate of drug-likeness (QED) is 0.250. The van der Waals surface area contributed by atoms with E-state index >= 15 is 4.79 Å². The van der Waals surface area contributed by atoms with E-state index in [-0.39, 0.29) is 17.1 Å². The van der Waals surface area contributed by atoms with Crippen LogP contribution in [-0.2, 0) is 5.41 Å². The van der Waals surface area contributed by atoms with Gasteiger partial charge in [-0.2, -0.15) is 0 Å². The number of likely N-dealkylation sites (N-methyl/N-ethyl adjacent to an activating group) is 1. The lowest BCUT2D eigenvalue weighted by Crippen LogP contribution is -2.63. The van der Waals surface area contributed by atoms with Gasteiger partial charge in [-0.25, -0.2) is 0 Å². The third-order valence-electron chi connectivity index (χ3n) is 9.78. The fourth-order valence-electron chi connectivity index (χ4n) is 8.07. The predicted octanol–water partition coefficient (Wildman–Crippen LogP) is 8.76. The van der Waals surface area contributed by atoms with Crippen molar-refractivity contribution >= 4 is 22.6 Å². The summed E-state index contributed by atoms with van der Waals surface area (Å²) in [6.07, 6.45) is 10.5. The van der Waals surface area contributed by atoms with Gasteiger partial charge in [0.25, 0.3) is 0 Å². The second kappa shape index (κ2) is 9.78. The molecule has 0 N–H and O–H groups in total. The Labute approximate surface area is 237 Å². The highest BCUT2D eigenvalue weighted by Gasteiger charge is 2.65. The standard InChI is InChI=1S/C38H35NO/c1-39-34-23-13-12-22-33(34)37(24-14-5-15-25-37)38(39)27-31(28-16-6-2-7-17-28)26-32(29-18-8-3-9-19-29)35(38)36(40)30-20-10-4-11-21-30/h2-4,6-13,16-23,26-27,35H,5,14-15,24-25H2,1H3/t35-,38-/m1/s1. The fourth-order valence-corrected chi connectivity index (χ4v) is 8.07. The molecule has 7 rings (SSSR count). The molecule has 3 aliphatic rings. The highest BCUT2D eigenvalue weighted by atomic mass is 16.1. The zero-order chi connectivity index (χ0) is 27.2. The molecule has 0 radical (unpaired) electrons. The summed E-state index contributed by atoms with van der Waals surface area (Å²) in [7, 11) is 2.24. The van der Waals surface area contributed by atoms with Crippen molar-refractivity contribution in [2.45, 2.75) is 43.1 Å². The average Bonchev–Trinajstić information content (AvgIpc) is 3.22. The lowest BCUT2D eigenvalue weighted by atomic mass is 9.51. The number of hydrogen-bond donors (Lipinski definition) is 0. The van der Waals surface area contributed by atoms with E-state index in [1.54, 1.807) is 0 Å². The van der Waals surface area contributed by atoms with Crippen molar-refractivity contribution in [3.8, 4) is 0 Å². The molecular formula is C38H35NO. The summed E-state index contributed by atoms with van der Waals surface area (Å²) in [5, 5.41) is 0. The molecule has 1 heterocycles. The molecule has 2 atom stereocenters. The van der Waals surface area contributed by atoms with E-state index in [0.29, 0.717) is 0 Å². The topological polar surface area (TPSA) is 20.3 Å². The molecule has 0 saturated heterocycles. The summed E-state index contributed by atoms with van der Waals surface area (Å²) < 4.78 is 0. The molecule has 0 bridgehead atoms. The van der Waals surface area contributed by atoms with Crippen molar-refractivity contribution in [1.82, 2.24) is 0 Å². The highest BCUT2D eigenvalue weighted by molar-refractivity contribution is 6.10. The number of nitrogens with zero attached hydrogens (tertiary/aromatic N) is 1. The van der Waals surface area contributed by atoms with Crippen molar-refractivity contribution < 1.29 is 4.79 Å². The number of ketones is 1. The van der Waals surface area contributed by atoms with Crippen LogP contribution in [0.1, 0.15) is 59.2 Å². The molecule has 1 aliphatic heterocycles. The Bertz CT molecular complexity index is 1600. The third kappa shape index (κ3) is 3.59. The number of allylic oxidation sites excluding steroid dienone is 2. The van der Waals surface area contributed by atoms with Gasteiger partial charge in [0.05, 0.1) is 11.5 Å². The number of rotatable bonds is 4. The Balaban J connectivity index is 1.58. The van der Waals surface area contributed by atoms with E-state index < -0.39 is 5.54 Å². The monoisotopic (exact) mass is 521 g/mol. The van der Waals surface area contributed by atoms with E-state index in [1.165, 1.54) is 41.6 Å². The lowest BCUT2D eigenvalue weighted by Gasteiger charge is -2.56. The average molecular weight is 522 g/mol.